The summed E-state index contributed by atoms with van der Waals surface area (Å²) in [7, 11) is -3.49. The van der Waals surface area contributed by atoms with Gasteiger partial charge in [0.05, 0.1) is 0 Å². The van der Waals surface area contributed by atoms with Gasteiger partial charge in [-0.2, -0.15) is 0 Å². The first kappa shape index (κ1) is 27.7. The molecule has 0 saturated carbocycles. The fourth-order valence-corrected chi connectivity index (χ4v) is 49.5. The third-order valence-corrected chi connectivity index (χ3v) is 44.1. The normalized spacial score (nSPS) is 14.8. The monoisotopic (exact) mass is 752 g/mol. The molecule has 1 aliphatic heterocycles. The molecule has 1 aliphatic rings. The van der Waals surface area contributed by atoms with Crippen molar-refractivity contribution in [3.63, 3.8) is 0 Å². The molecule has 1 heterocycles. The molecule has 4 nitrogen and oxygen atoms in total. The Kier molecular flexibility index (Phi) is 8.26. The maximum atomic E-state index is 3.01. The third kappa shape index (κ3) is 5.56. The summed E-state index contributed by atoms with van der Waals surface area (Å²) < 4.78 is 11.9. The van der Waals surface area contributed by atoms with Crippen LogP contribution in [0.15, 0.2) is 121 Å². The first-order chi connectivity index (χ1) is 18.2. The summed E-state index contributed by atoms with van der Waals surface area (Å²) in [6.45, 7) is 15.1. The molecule has 8 heteroatoms. The van der Waals surface area contributed by atoms with Gasteiger partial charge in [0.25, 0.3) is 0 Å². The fourth-order valence-electron chi connectivity index (χ4n) is 4.80. The van der Waals surface area contributed by atoms with Gasteiger partial charge in [0.2, 0.25) is 0 Å². The van der Waals surface area contributed by atoms with Gasteiger partial charge in [0.1, 0.15) is 0 Å². The van der Waals surface area contributed by atoms with Gasteiger partial charge in [0, 0.05) is 0 Å². The van der Waals surface area contributed by atoms with Crippen LogP contribution in [0.3, 0.4) is 0 Å². The van der Waals surface area contributed by atoms with Crippen molar-refractivity contribution in [3.8, 4) is 0 Å². The molecule has 0 aliphatic carbocycles. The molecule has 0 aromatic heterocycles. The Labute approximate surface area is 247 Å². The summed E-state index contributed by atoms with van der Waals surface area (Å²) in [4.78, 5) is 0. The van der Waals surface area contributed by atoms with Crippen LogP contribution in [-0.4, -0.2) is 58.6 Å². The number of nitrogens with zero attached hydrogens (tertiary/aromatic N) is 4. The molecular formula is C30H38N4Sb2Si2. The van der Waals surface area contributed by atoms with Crippen molar-refractivity contribution in [2.75, 3.05) is 7.89 Å². The van der Waals surface area contributed by atoms with E-state index in [1.807, 2.05) is 0 Å². The SMILES string of the molecule is C[Si](C)(C)[N](c1ccccc1)[Sb]1[N](c2ccccc2)[Sb]([N](c2ccccc2)[Si](C)(C)C)[N]1c1ccccc1. The number of anilines is 4. The summed E-state index contributed by atoms with van der Waals surface area (Å²) in [5.74, 6) is 0. The molecule has 0 unspecified atom stereocenters. The van der Waals surface area contributed by atoms with Crippen molar-refractivity contribution >= 4 is 81.3 Å². The fraction of sp³-hybridized carbons (Fsp3) is 0.200. The molecule has 38 heavy (non-hydrogen) atoms. The van der Waals surface area contributed by atoms with Gasteiger partial charge >= 0.3 is 250 Å². The molecule has 0 atom stereocenters. The summed E-state index contributed by atoms with van der Waals surface area (Å²) in [6, 6.07) is 45.1. The molecule has 5 rings (SSSR count). The van der Waals surface area contributed by atoms with Gasteiger partial charge in [-0.05, 0) is 0 Å². The Morgan fingerprint density at radius 1 is 0.421 bits per heavy atom. The van der Waals surface area contributed by atoms with Crippen molar-refractivity contribution in [2.24, 2.45) is 0 Å². The van der Waals surface area contributed by atoms with E-state index in [-0.39, 0.29) is 0 Å². The Bertz CT molecular complexity index is 1200. The first-order valence-electron chi connectivity index (χ1n) is 13.2. The Hall–Kier alpha value is -1.85. The second kappa shape index (κ2) is 11.3. The second-order valence-electron chi connectivity index (χ2n) is 11.4. The molecule has 4 aromatic rings. The molecule has 0 N–H and O–H groups in total. The van der Waals surface area contributed by atoms with E-state index in [4.69, 9.17) is 0 Å². The van der Waals surface area contributed by atoms with E-state index in [0.717, 1.165) is 0 Å². The van der Waals surface area contributed by atoms with Crippen molar-refractivity contribution in [3.05, 3.63) is 121 Å². The van der Waals surface area contributed by atoms with Crippen molar-refractivity contribution in [2.45, 2.75) is 39.3 Å². The average molecular weight is 754 g/mol. The maximum absolute atomic E-state index is 3.01. The molecule has 0 amide bonds. The molecule has 0 spiro atoms. The van der Waals surface area contributed by atoms with Gasteiger partial charge in [-0.1, -0.05) is 0 Å². The summed E-state index contributed by atoms with van der Waals surface area (Å²) >= 11 is -4.93. The average Bonchev–Trinajstić information content (AvgIpc) is 2.89. The molecule has 0 bridgehead atoms. The zero-order valence-corrected chi connectivity index (χ0v) is 30.3. The van der Waals surface area contributed by atoms with E-state index in [0.29, 0.717) is 0 Å². The van der Waals surface area contributed by atoms with E-state index in [1.54, 1.807) is 0 Å². The number of benzene rings is 4. The van der Waals surface area contributed by atoms with Crippen LogP contribution in [-0.2, 0) is 0 Å². The molecule has 0 radical (unpaired) electrons. The van der Waals surface area contributed by atoms with Crippen LogP contribution in [0.2, 0.25) is 39.3 Å². The number of rotatable bonds is 8. The van der Waals surface area contributed by atoms with Crippen molar-refractivity contribution < 1.29 is 0 Å². The summed E-state index contributed by atoms with van der Waals surface area (Å²) in [5, 5.41) is 0. The first-order valence-corrected chi connectivity index (χ1v) is 26.9. The Balaban J connectivity index is 1.76. The van der Waals surface area contributed by atoms with Crippen LogP contribution >= 0.6 is 0 Å². The minimum absolute atomic E-state index is 1.39. The number of hydrogen-bond acceptors (Lipinski definition) is 4. The molecule has 196 valence electrons. The van der Waals surface area contributed by atoms with Gasteiger partial charge in [-0.3, -0.25) is 0 Å². The zero-order valence-electron chi connectivity index (χ0n) is 23.2. The third-order valence-electron chi connectivity index (χ3n) is 6.28. The zero-order chi connectivity index (χ0) is 26.9. The van der Waals surface area contributed by atoms with E-state index in [9.17, 15) is 0 Å². The predicted molar refractivity (Wildman–Crippen MR) is 174 cm³/mol. The minimum atomic E-state index is -2.46. The molecule has 1 saturated heterocycles. The van der Waals surface area contributed by atoms with Gasteiger partial charge in [0.15, 0.2) is 0 Å². The number of hydrogen-bond donors (Lipinski definition) is 0. The molecule has 4 aromatic carbocycles. The number of para-hydroxylation sites is 4. The molecule has 1 fully saturated rings. The van der Waals surface area contributed by atoms with Crippen LogP contribution in [0.4, 0.5) is 22.7 Å². The van der Waals surface area contributed by atoms with Crippen LogP contribution in [0.25, 0.3) is 0 Å². The topological polar surface area (TPSA) is 13.0 Å². The van der Waals surface area contributed by atoms with Gasteiger partial charge < -0.3 is 0 Å². The van der Waals surface area contributed by atoms with Crippen LogP contribution in [0.1, 0.15) is 0 Å². The van der Waals surface area contributed by atoms with Gasteiger partial charge in [-0.15, -0.1) is 0 Å². The van der Waals surface area contributed by atoms with Crippen LogP contribution < -0.4 is 7.89 Å². The van der Waals surface area contributed by atoms with Crippen molar-refractivity contribution in [1.29, 1.82) is 0 Å². The van der Waals surface area contributed by atoms with E-state index in [2.05, 4.69) is 168 Å². The Morgan fingerprint density at radius 2 is 0.684 bits per heavy atom. The summed E-state index contributed by atoms with van der Waals surface area (Å²) in [6.07, 6.45) is 0. The van der Waals surface area contributed by atoms with Crippen molar-refractivity contribution in [1.82, 2.24) is 0 Å². The predicted octanol–water partition coefficient (Wildman–Crippen LogP) is 7.67. The van der Waals surface area contributed by atoms with E-state index >= 15 is 0 Å². The quantitative estimate of drug-likeness (QED) is 0.172. The molecular weight excluding hydrogens is 716 g/mol. The van der Waals surface area contributed by atoms with Crippen LogP contribution in [0, 0.1) is 0 Å². The van der Waals surface area contributed by atoms with Crippen LogP contribution in [0.5, 0.6) is 0 Å². The second-order valence-corrected chi connectivity index (χ2v) is 38.7. The van der Waals surface area contributed by atoms with E-state index < -0.39 is 58.6 Å². The summed E-state index contributed by atoms with van der Waals surface area (Å²) in [5.41, 5.74) is 5.58. The van der Waals surface area contributed by atoms with Gasteiger partial charge in [-0.25, -0.2) is 0 Å². The standard InChI is InChI=1S/2C9H14NSi.2C6H5N.2Sb/c2*1-11(2,3)10-9-7-5-4-6-8-9;2*7-6-4-2-1-3-5-6;;/h2*4-8H,1-3H3;2*1-5H;;/q2*-1;;;2*+1. The Morgan fingerprint density at radius 3 is 0.947 bits per heavy atom. The van der Waals surface area contributed by atoms with E-state index in [1.165, 1.54) is 22.7 Å².